The predicted octanol–water partition coefficient (Wildman–Crippen LogP) is 4.31. The normalized spacial score (nSPS) is 12.5. The summed E-state index contributed by atoms with van der Waals surface area (Å²) in [6.45, 7) is 1.76. The lowest BCUT2D eigenvalue weighted by atomic mass is 10.2. The largest absolute Gasteiger partial charge is 0.433 e. The molecule has 0 aliphatic rings. The fourth-order valence-corrected chi connectivity index (χ4v) is 2.75. The lowest BCUT2D eigenvalue weighted by Crippen LogP contribution is -2.14. The van der Waals surface area contributed by atoms with E-state index in [9.17, 15) is 13.2 Å². The third kappa shape index (κ3) is 4.27. The predicted molar refractivity (Wildman–Crippen MR) is 104 cm³/mol. The summed E-state index contributed by atoms with van der Waals surface area (Å²) in [4.78, 5) is 11.9. The van der Waals surface area contributed by atoms with Gasteiger partial charge in [-0.25, -0.2) is 14.6 Å². The number of nitrogens with one attached hydrogen (secondary N) is 1. The molecule has 0 amide bonds. The number of aromatic nitrogens is 6. The number of para-hydroxylation sites is 1. The van der Waals surface area contributed by atoms with Gasteiger partial charge in [0, 0.05) is 12.3 Å². The van der Waals surface area contributed by atoms with Gasteiger partial charge in [0.2, 0.25) is 0 Å². The van der Waals surface area contributed by atoms with Gasteiger partial charge in [-0.1, -0.05) is 29.5 Å². The van der Waals surface area contributed by atoms with Gasteiger partial charge in [0.15, 0.2) is 11.5 Å². The fourth-order valence-electron chi connectivity index (χ4n) is 2.75. The third-order valence-corrected chi connectivity index (χ3v) is 4.25. The van der Waals surface area contributed by atoms with Crippen LogP contribution in [-0.4, -0.2) is 29.9 Å². The van der Waals surface area contributed by atoms with E-state index in [0.29, 0.717) is 5.69 Å². The molecule has 0 saturated heterocycles. The number of hydrogen-bond acceptors (Lipinski definition) is 6. The Morgan fingerprint density at radius 3 is 2.47 bits per heavy atom. The van der Waals surface area contributed by atoms with Gasteiger partial charge in [-0.05, 0) is 31.2 Å². The first kappa shape index (κ1) is 19.5. The highest BCUT2D eigenvalue weighted by Gasteiger charge is 2.34. The molecule has 3 heterocycles. The number of anilines is 1. The smallest absolute Gasteiger partial charge is 0.362 e. The standard InChI is InChI=1S/C20H16F3N7/c1-13(16-12-30(29-28-16)14-7-3-2-4-8-14)25-18-11-17(20(21,22)23)26-19(27-18)15-9-5-6-10-24-15/h2-13H,1H3,(H,25,26,27). The van der Waals surface area contributed by atoms with E-state index in [1.165, 1.54) is 6.20 Å². The molecule has 4 aromatic rings. The molecule has 0 aliphatic heterocycles. The van der Waals surface area contributed by atoms with Crippen LogP contribution in [0.5, 0.6) is 0 Å². The molecular formula is C20H16F3N7. The summed E-state index contributed by atoms with van der Waals surface area (Å²) in [5, 5.41) is 11.1. The highest BCUT2D eigenvalue weighted by Crippen LogP contribution is 2.31. The monoisotopic (exact) mass is 411 g/mol. The summed E-state index contributed by atoms with van der Waals surface area (Å²) >= 11 is 0. The van der Waals surface area contributed by atoms with Crippen molar-refractivity contribution in [2.45, 2.75) is 19.1 Å². The Kier molecular flexibility index (Phi) is 5.13. The lowest BCUT2D eigenvalue weighted by molar-refractivity contribution is -0.141. The van der Waals surface area contributed by atoms with E-state index in [0.717, 1.165) is 11.8 Å². The molecule has 0 fully saturated rings. The van der Waals surface area contributed by atoms with Crippen molar-refractivity contribution >= 4 is 5.82 Å². The van der Waals surface area contributed by atoms with E-state index in [1.807, 2.05) is 30.3 Å². The second kappa shape index (κ2) is 7.90. The molecule has 1 aromatic carbocycles. The summed E-state index contributed by atoms with van der Waals surface area (Å²) in [6, 6.07) is 14.7. The summed E-state index contributed by atoms with van der Waals surface area (Å²) < 4.78 is 41.6. The van der Waals surface area contributed by atoms with Crippen molar-refractivity contribution in [1.82, 2.24) is 29.9 Å². The van der Waals surface area contributed by atoms with Crippen LogP contribution in [-0.2, 0) is 6.18 Å². The summed E-state index contributed by atoms with van der Waals surface area (Å²) in [5.74, 6) is -0.104. The molecule has 3 aromatic heterocycles. The van der Waals surface area contributed by atoms with Crippen LogP contribution >= 0.6 is 0 Å². The number of pyridine rings is 1. The topological polar surface area (TPSA) is 81.4 Å². The minimum absolute atomic E-state index is 0.0136. The Hall–Kier alpha value is -3.82. The van der Waals surface area contributed by atoms with E-state index in [2.05, 4.69) is 30.6 Å². The van der Waals surface area contributed by atoms with Gasteiger partial charge in [0.05, 0.1) is 17.9 Å². The fraction of sp³-hybridized carbons (Fsp3) is 0.150. The molecule has 0 bridgehead atoms. The minimum Gasteiger partial charge on any atom is -0.362 e. The summed E-state index contributed by atoms with van der Waals surface area (Å²) in [5.41, 5.74) is 0.558. The van der Waals surface area contributed by atoms with Gasteiger partial charge in [-0.2, -0.15) is 13.2 Å². The average molecular weight is 411 g/mol. The second-order valence-electron chi connectivity index (χ2n) is 6.46. The Morgan fingerprint density at radius 1 is 1.00 bits per heavy atom. The Morgan fingerprint density at radius 2 is 1.77 bits per heavy atom. The molecule has 0 saturated carbocycles. The number of nitrogens with zero attached hydrogens (tertiary/aromatic N) is 6. The van der Waals surface area contributed by atoms with Crippen molar-refractivity contribution in [3.05, 3.63) is 78.4 Å². The van der Waals surface area contributed by atoms with Crippen LogP contribution in [0, 0.1) is 0 Å². The summed E-state index contributed by atoms with van der Waals surface area (Å²) in [6.07, 6.45) is -1.45. The van der Waals surface area contributed by atoms with Crippen molar-refractivity contribution in [1.29, 1.82) is 0 Å². The van der Waals surface area contributed by atoms with E-state index in [4.69, 9.17) is 0 Å². The van der Waals surface area contributed by atoms with Crippen LogP contribution in [0.25, 0.3) is 17.2 Å². The van der Waals surface area contributed by atoms with Crippen LogP contribution < -0.4 is 5.32 Å². The van der Waals surface area contributed by atoms with Crippen LogP contribution in [0.3, 0.4) is 0 Å². The van der Waals surface area contributed by atoms with Crippen molar-refractivity contribution in [2.24, 2.45) is 0 Å². The van der Waals surface area contributed by atoms with Gasteiger partial charge < -0.3 is 5.32 Å². The van der Waals surface area contributed by atoms with Gasteiger partial charge >= 0.3 is 6.18 Å². The zero-order valence-corrected chi connectivity index (χ0v) is 15.7. The first-order valence-corrected chi connectivity index (χ1v) is 9.02. The number of alkyl halides is 3. The van der Waals surface area contributed by atoms with Gasteiger partial charge in [0.1, 0.15) is 17.2 Å². The summed E-state index contributed by atoms with van der Waals surface area (Å²) in [7, 11) is 0. The zero-order valence-electron chi connectivity index (χ0n) is 15.7. The highest BCUT2D eigenvalue weighted by atomic mass is 19.4. The number of rotatable bonds is 5. The van der Waals surface area contributed by atoms with E-state index in [-0.39, 0.29) is 17.3 Å². The first-order valence-electron chi connectivity index (χ1n) is 9.02. The van der Waals surface area contributed by atoms with Crippen LogP contribution in [0.4, 0.5) is 19.0 Å². The molecule has 4 rings (SSSR count). The lowest BCUT2D eigenvalue weighted by Gasteiger charge is -2.15. The Bertz CT molecular complexity index is 1130. The molecule has 0 radical (unpaired) electrons. The van der Waals surface area contributed by atoms with E-state index in [1.54, 1.807) is 36.0 Å². The third-order valence-electron chi connectivity index (χ3n) is 4.25. The molecule has 1 unspecified atom stereocenters. The maximum Gasteiger partial charge on any atom is 0.433 e. The van der Waals surface area contributed by atoms with E-state index < -0.39 is 17.9 Å². The number of hydrogen-bond donors (Lipinski definition) is 1. The molecule has 0 spiro atoms. The van der Waals surface area contributed by atoms with Crippen molar-refractivity contribution in [2.75, 3.05) is 5.32 Å². The molecule has 152 valence electrons. The highest BCUT2D eigenvalue weighted by molar-refractivity contribution is 5.53. The SMILES string of the molecule is CC(Nc1cc(C(F)(F)F)nc(-c2ccccn2)n1)c1cn(-c2ccccc2)nn1. The maximum atomic E-state index is 13.4. The second-order valence-corrected chi connectivity index (χ2v) is 6.46. The molecule has 30 heavy (non-hydrogen) atoms. The van der Waals surface area contributed by atoms with E-state index >= 15 is 0 Å². The Labute approximate surface area is 169 Å². The molecular weight excluding hydrogens is 395 g/mol. The maximum absolute atomic E-state index is 13.4. The number of halogens is 3. The molecule has 1 atom stereocenters. The van der Waals surface area contributed by atoms with Crippen molar-refractivity contribution in [3.63, 3.8) is 0 Å². The molecule has 1 N–H and O–H groups in total. The average Bonchev–Trinajstić information content (AvgIpc) is 3.25. The van der Waals surface area contributed by atoms with Crippen LogP contribution in [0.1, 0.15) is 24.4 Å². The molecule has 10 heteroatoms. The first-order chi connectivity index (χ1) is 14.4. The van der Waals surface area contributed by atoms with Crippen LogP contribution in [0.15, 0.2) is 67.0 Å². The van der Waals surface area contributed by atoms with Crippen molar-refractivity contribution in [3.8, 4) is 17.2 Å². The zero-order chi connectivity index (χ0) is 21.1. The van der Waals surface area contributed by atoms with Gasteiger partial charge in [0.25, 0.3) is 0 Å². The minimum atomic E-state index is -4.62. The van der Waals surface area contributed by atoms with Crippen molar-refractivity contribution < 1.29 is 13.2 Å². The Balaban J connectivity index is 1.63. The number of benzene rings is 1. The van der Waals surface area contributed by atoms with Crippen LogP contribution in [0.2, 0.25) is 0 Å². The quantitative estimate of drug-likeness (QED) is 0.527. The van der Waals surface area contributed by atoms with Gasteiger partial charge in [-0.3, -0.25) is 4.98 Å². The van der Waals surface area contributed by atoms with Gasteiger partial charge in [-0.15, -0.1) is 5.10 Å². The molecule has 0 aliphatic carbocycles. The molecule has 7 nitrogen and oxygen atoms in total.